The van der Waals surface area contributed by atoms with Gasteiger partial charge < -0.3 is 28.4 Å². The smallest absolute Gasteiger partial charge is 0.452 e. The summed E-state index contributed by atoms with van der Waals surface area (Å²) in [5.41, 5.74) is 0.337. The molecule has 1 saturated heterocycles. The first kappa shape index (κ1) is 30.2. The van der Waals surface area contributed by atoms with E-state index in [0.29, 0.717) is 0 Å². The number of benzene rings is 2. The second-order valence-corrected chi connectivity index (χ2v) is 10.3. The third-order valence-electron chi connectivity index (χ3n) is 5.28. The van der Waals surface area contributed by atoms with Crippen LogP contribution in [0.15, 0.2) is 73.3 Å². The highest BCUT2D eigenvalue weighted by atomic mass is 35.6. The molecule has 0 radical (unpaired) electrons. The van der Waals surface area contributed by atoms with E-state index in [9.17, 15) is 14.4 Å². The van der Waals surface area contributed by atoms with Crippen LogP contribution in [0.5, 0.6) is 0 Å². The molecule has 10 nitrogen and oxygen atoms in total. The molecule has 3 rings (SSSR count). The van der Waals surface area contributed by atoms with Gasteiger partial charge in [-0.1, -0.05) is 83.9 Å². The summed E-state index contributed by atoms with van der Waals surface area (Å²) in [4.78, 5) is 38.4. The SMILES string of the molecule is C=CCOC(=O)O[C@H]1[C@@H](OC(=O)c2ccccc2)[C@H](OC(=N)C(Cl)(Cl)Cl)O[C@@H](C)[C@H]1OC(=O)c1ccccc1. The minimum atomic E-state index is -2.30. The largest absolute Gasteiger partial charge is 0.509 e. The van der Waals surface area contributed by atoms with E-state index in [1.54, 1.807) is 36.4 Å². The van der Waals surface area contributed by atoms with Crippen molar-refractivity contribution in [2.24, 2.45) is 0 Å². The van der Waals surface area contributed by atoms with Crippen molar-refractivity contribution in [1.82, 2.24) is 0 Å². The maximum Gasteiger partial charge on any atom is 0.509 e. The van der Waals surface area contributed by atoms with Crippen LogP contribution >= 0.6 is 34.8 Å². The van der Waals surface area contributed by atoms with Crippen LogP contribution in [0.4, 0.5) is 4.79 Å². The van der Waals surface area contributed by atoms with Gasteiger partial charge in [0.15, 0.2) is 12.2 Å². The number of halogens is 3. The van der Waals surface area contributed by atoms with Crippen LogP contribution in [0, 0.1) is 5.41 Å². The molecule has 0 saturated carbocycles. The van der Waals surface area contributed by atoms with Crippen LogP contribution < -0.4 is 0 Å². The standard InChI is InChI=1S/C26H24Cl3NO9/c1-3-14-34-25(33)38-19-18(36-21(31)16-10-6-4-7-11-16)15(2)35-23(39-24(30)26(27,28)29)20(19)37-22(32)17-12-8-5-9-13-17/h3-13,15,18-20,23,30H,1,14H2,2H3/t15-,18+,19+,20+,23-/m0/s1. The summed E-state index contributed by atoms with van der Waals surface area (Å²) in [7, 11) is 0. The predicted molar refractivity (Wildman–Crippen MR) is 141 cm³/mol. The monoisotopic (exact) mass is 599 g/mol. The van der Waals surface area contributed by atoms with Gasteiger partial charge in [0.25, 0.3) is 3.79 Å². The minimum absolute atomic E-state index is 0.136. The number of hydrogen-bond acceptors (Lipinski definition) is 10. The molecule has 0 spiro atoms. The molecule has 1 aliphatic rings. The fraction of sp³-hybridized carbons (Fsp3) is 0.308. The lowest BCUT2D eigenvalue weighted by molar-refractivity contribution is -0.272. The fourth-order valence-corrected chi connectivity index (χ4v) is 3.61. The van der Waals surface area contributed by atoms with Crippen LogP contribution in [0.3, 0.4) is 0 Å². The number of carbonyl (C=O) groups excluding carboxylic acids is 3. The maximum absolute atomic E-state index is 13.0. The van der Waals surface area contributed by atoms with E-state index >= 15 is 0 Å². The Balaban J connectivity index is 1.99. The van der Waals surface area contributed by atoms with Crippen LogP contribution in [0.1, 0.15) is 27.6 Å². The molecule has 1 N–H and O–H groups in total. The molecule has 0 unspecified atom stereocenters. The summed E-state index contributed by atoms with van der Waals surface area (Å²) in [5, 5.41) is 7.99. The summed E-state index contributed by atoms with van der Waals surface area (Å²) in [6.07, 6.45) is -7.03. The van der Waals surface area contributed by atoms with Crippen molar-refractivity contribution in [3.8, 4) is 0 Å². The Hall–Kier alpha value is -3.31. The molecule has 208 valence electrons. The summed E-state index contributed by atoms with van der Waals surface area (Å²) in [5.74, 6) is -2.50. The molecule has 13 heteroatoms. The molecule has 1 fully saturated rings. The number of alkyl halides is 3. The molecule has 0 amide bonds. The molecule has 5 atom stereocenters. The Morgan fingerprint density at radius 2 is 1.38 bits per heavy atom. The van der Waals surface area contributed by atoms with Gasteiger partial charge in [-0.25, -0.2) is 14.4 Å². The van der Waals surface area contributed by atoms with Crippen LogP contribution in [-0.2, 0) is 28.4 Å². The van der Waals surface area contributed by atoms with Gasteiger partial charge in [-0.05, 0) is 31.2 Å². The zero-order chi connectivity index (χ0) is 28.6. The van der Waals surface area contributed by atoms with E-state index in [1.807, 2.05) is 0 Å². The van der Waals surface area contributed by atoms with E-state index < -0.39 is 58.5 Å². The lowest BCUT2D eigenvalue weighted by Gasteiger charge is -2.43. The summed E-state index contributed by atoms with van der Waals surface area (Å²) >= 11 is 17.3. The first-order valence-corrected chi connectivity index (χ1v) is 12.6. The third-order valence-corrected chi connectivity index (χ3v) is 5.79. The average molecular weight is 601 g/mol. The Bertz CT molecular complexity index is 1170. The summed E-state index contributed by atoms with van der Waals surface area (Å²) in [6.45, 7) is 4.75. The molecule has 2 aromatic carbocycles. The van der Waals surface area contributed by atoms with Gasteiger partial charge in [0.1, 0.15) is 6.61 Å². The van der Waals surface area contributed by atoms with E-state index in [0.717, 1.165) is 0 Å². The molecule has 2 aromatic rings. The molecule has 0 bridgehead atoms. The molecule has 0 aliphatic carbocycles. The van der Waals surface area contributed by atoms with Crippen molar-refractivity contribution in [1.29, 1.82) is 5.41 Å². The van der Waals surface area contributed by atoms with E-state index in [2.05, 4.69) is 6.58 Å². The zero-order valence-corrected chi connectivity index (χ0v) is 22.7. The molecule has 39 heavy (non-hydrogen) atoms. The minimum Gasteiger partial charge on any atom is -0.452 e. The highest BCUT2D eigenvalue weighted by Crippen LogP contribution is 2.34. The second kappa shape index (κ2) is 13.7. The Morgan fingerprint density at radius 3 is 1.87 bits per heavy atom. The lowest BCUT2D eigenvalue weighted by atomic mass is 9.98. The van der Waals surface area contributed by atoms with Crippen molar-refractivity contribution < 1.29 is 42.8 Å². The summed E-state index contributed by atoms with van der Waals surface area (Å²) < 4.78 is 30.6. The van der Waals surface area contributed by atoms with Gasteiger partial charge in [0.05, 0.1) is 17.2 Å². The quantitative estimate of drug-likeness (QED) is 0.108. The summed E-state index contributed by atoms with van der Waals surface area (Å²) in [6, 6.07) is 15.9. The third kappa shape index (κ3) is 8.34. The van der Waals surface area contributed by atoms with Crippen molar-refractivity contribution in [3.63, 3.8) is 0 Å². The first-order chi connectivity index (χ1) is 18.5. The number of esters is 2. The average Bonchev–Trinajstić information content (AvgIpc) is 2.91. The van der Waals surface area contributed by atoms with E-state index in [1.165, 1.54) is 37.3 Å². The number of carbonyl (C=O) groups is 3. The number of nitrogens with one attached hydrogen (secondary N) is 1. The highest BCUT2D eigenvalue weighted by molar-refractivity contribution is 6.76. The van der Waals surface area contributed by atoms with Gasteiger partial charge in [0.2, 0.25) is 18.3 Å². The fourth-order valence-electron chi connectivity index (χ4n) is 3.48. The van der Waals surface area contributed by atoms with Crippen LogP contribution in [0.25, 0.3) is 0 Å². The highest BCUT2D eigenvalue weighted by Gasteiger charge is 2.53. The van der Waals surface area contributed by atoms with Crippen molar-refractivity contribution >= 4 is 58.8 Å². The van der Waals surface area contributed by atoms with Crippen molar-refractivity contribution in [3.05, 3.63) is 84.4 Å². The van der Waals surface area contributed by atoms with Crippen molar-refractivity contribution in [2.75, 3.05) is 6.61 Å². The van der Waals surface area contributed by atoms with Crippen LogP contribution in [0.2, 0.25) is 0 Å². The maximum atomic E-state index is 13.0. The lowest BCUT2D eigenvalue weighted by Crippen LogP contribution is -2.62. The van der Waals surface area contributed by atoms with Crippen molar-refractivity contribution in [2.45, 2.75) is 41.4 Å². The van der Waals surface area contributed by atoms with Gasteiger partial charge in [-0.3, -0.25) is 5.41 Å². The Labute approximate surface area is 239 Å². The number of ether oxygens (including phenoxy) is 6. The molecular weight excluding hydrogens is 577 g/mol. The molecule has 1 aliphatic heterocycles. The molecular formula is C26H24Cl3NO9. The number of hydrogen-bond donors (Lipinski definition) is 1. The Morgan fingerprint density at radius 1 is 0.872 bits per heavy atom. The number of rotatable bonds is 8. The van der Waals surface area contributed by atoms with Crippen LogP contribution in [-0.4, -0.2) is 65.1 Å². The van der Waals surface area contributed by atoms with Gasteiger partial charge >= 0.3 is 18.1 Å². The Kier molecular flexibility index (Phi) is 10.6. The van der Waals surface area contributed by atoms with Gasteiger partial charge in [-0.2, -0.15) is 0 Å². The second-order valence-electron chi connectivity index (χ2n) is 8.06. The van der Waals surface area contributed by atoms with Gasteiger partial charge in [-0.15, -0.1) is 0 Å². The predicted octanol–water partition coefficient (Wildman–Crippen LogP) is 5.25. The first-order valence-electron chi connectivity index (χ1n) is 11.5. The molecule has 1 heterocycles. The van der Waals surface area contributed by atoms with E-state index in [4.69, 9.17) is 68.6 Å². The molecule has 0 aromatic heterocycles. The topological polar surface area (TPSA) is 130 Å². The van der Waals surface area contributed by atoms with Gasteiger partial charge in [0, 0.05) is 0 Å². The normalized spacial score (nSPS) is 22.6. The van der Waals surface area contributed by atoms with E-state index in [-0.39, 0.29) is 17.7 Å². The zero-order valence-electron chi connectivity index (χ0n) is 20.5.